The Bertz CT molecular complexity index is 1270. The topological polar surface area (TPSA) is 103 Å². The van der Waals surface area contributed by atoms with Gasteiger partial charge < -0.3 is 4.74 Å². The predicted octanol–water partition coefficient (Wildman–Crippen LogP) is 2.80. The molecule has 0 radical (unpaired) electrons. The highest BCUT2D eigenvalue weighted by molar-refractivity contribution is 6.00. The van der Waals surface area contributed by atoms with Crippen LogP contribution in [0.2, 0.25) is 0 Å². The maximum Gasteiger partial charge on any atom is 0.411 e. The number of fused-ring (bicyclic) bond motifs is 1. The largest absolute Gasteiger partial charge is 0.444 e. The van der Waals surface area contributed by atoms with E-state index in [-0.39, 0.29) is 24.9 Å². The van der Waals surface area contributed by atoms with Gasteiger partial charge in [-0.2, -0.15) is 8.78 Å². The number of rotatable bonds is 2. The maximum atomic E-state index is 15.1. The second kappa shape index (κ2) is 8.07. The van der Waals surface area contributed by atoms with Gasteiger partial charge in [0.25, 0.3) is 5.92 Å². The molecule has 1 aromatic heterocycles. The Hall–Kier alpha value is -3.50. The van der Waals surface area contributed by atoms with Crippen LogP contribution in [0.15, 0.2) is 35.1 Å². The average Bonchev–Trinajstić information content (AvgIpc) is 2.96. The summed E-state index contributed by atoms with van der Waals surface area (Å²) >= 11 is 0. The highest BCUT2D eigenvalue weighted by Crippen LogP contribution is 2.41. The van der Waals surface area contributed by atoms with Crippen LogP contribution in [-0.4, -0.2) is 50.0 Å². The van der Waals surface area contributed by atoms with Crippen LogP contribution in [0.1, 0.15) is 51.3 Å². The summed E-state index contributed by atoms with van der Waals surface area (Å²) in [7, 11) is 1.47. The zero-order valence-electron chi connectivity index (χ0n) is 19.3. The molecule has 2 atom stereocenters. The minimum Gasteiger partial charge on any atom is -0.444 e. The Labute approximate surface area is 194 Å². The summed E-state index contributed by atoms with van der Waals surface area (Å²) in [6.07, 6.45) is 1.34. The van der Waals surface area contributed by atoms with Gasteiger partial charge in [-0.25, -0.2) is 9.59 Å². The quantitative estimate of drug-likeness (QED) is 0.531. The fraction of sp³-hybridized carbons (Fsp3) is 0.478. The van der Waals surface area contributed by atoms with E-state index in [1.54, 1.807) is 20.8 Å². The molecule has 2 aliphatic heterocycles. The molecule has 9 nitrogen and oxygen atoms in total. The number of nitrogens with zero attached hydrogens (tertiary/aromatic N) is 3. The number of piperidine rings is 1. The number of carbonyl (C=O) groups excluding carboxylic acids is 3. The van der Waals surface area contributed by atoms with Crippen LogP contribution in [0.5, 0.6) is 0 Å². The van der Waals surface area contributed by atoms with Crippen molar-refractivity contribution in [3.05, 3.63) is 46.4 Å². The minimum absolute atomic E-state index is 0.0660. The van der Waals surface area contributed by atoms with Gasteiger partial charge in [0.2, 0.25) is 11.8 Å². The Morgan fingerprint density at radius 2 is 1.88 bits per heavy atom. The molecule has 2 aromatic rings. The third-order valence-electron chi connectivity index (χ3n) is 5.90. The van der Waals surface area contributed by atoms with E-state index in [1.165, 1.54) is 40.5 Å². The molecular formula is C23H26F2N4O5. The van der Waals surface area contributed by atoms with Crippen LogP contribution in [0.25, 0.3) is 11.0 Å². The lowest BCUT2D eigenvalue weighted by Gasteiger charge is -2.38. The van der Waals surface area contributed by atoms with E-state index in [1.807, 2.05) is 0 Å². The number of aryl methyl sites for hydroxylation is 1. The molecule has 2 unspecified atom stereocenters. The number of hydrogen-bond donors (Lipinski definition) is 1. The van der Waals surface area contributed by atoms with Gasteiger partial charge in [0.15, 0.2) is 0 Å². The van der Waals surface area contributed by atoms with Crippen molar-refractivity contribution in [2.75, 3.05) is 6.54 Å². The number of alkyl halides is 2. The maximum absolute atomic E-state index is 15.1. The first kappa shape index (κ1) is 23.7. The summed E-state index contributed by atoms with van der Waals surface area (Å²) < 4.78 is 38.0. The van der Waals surface area contributed by atoms with E-state index >= 15 is 8.78 Å². The van der Waals surface area contributed by atoms with Crippen molar-refractivity contribution >= 4 is 28.9 Å². The van der Waals surface area contributed by atoms with E-state index in [2.05, 4.69) is 5.32 Å². The smallest absolute Gasteiger partial charge is 0.411 e. The summed E-state index contributed by atoms with van der Waals surface area (Å²) in [6.45, 7) is 4.88. The van der Waals surface area contributed by atoms with Crippen LogP contribution in [0, 0.1) is 0 Å². The molecule has 0 spiro atoms. The molecule has 1 saturated heterocycles. The van der Waals surface area contributed by atoms with Gasteiger partial charge in [-0.05, 0) is 51.0 Å². The first-order valence-corrected chi connectivity index (χ1v) is 10.9. The van der Waals surface area contributed by atoms with Gasteiger partial charge >= 0.3 is 11.8 Å². The fourth-order valence-electron chi connectivity index (χ4n) is 4.41. The Kier molecular flexibility index (Phi) is 5.61. The van der Waals surface area contributed by atoms with Crippen LogP contribution in [0.3, 0.4) is 0 Å². The molecule has 3 heterocycles. The number of imide groups is 1. The number of carbonyl (C=O) groups is 3. The Morgan fingerprint density at radius 3 is 2.53 bits per heavy atom. The van der Waals surface area contributed by atoms with Crippen molar-refractivity contribution in [2.45, 2.75) is 57.2 Å². The molecule has 182 valence electrons. The van der Waals surface area contributed by atoms with Gasteiger partial charge in [0.05, 0.1) is 11.0 Å². The van der Waals surface area contributed by atoms with Crippen LogP contribution in [-0.2, 0) is 21.4 Å². The molecule has 1 aromatic carbocycles. The molecule has 4 rings (SSSR count). The molecule has 2 aliphatic rings. The number of aromatic nitrogens is 2. The van der Waals surface area contributed by atoms with E-state index in [4.69, 9.17) is 4.74 Å². The van der Waals surface area contributed by atoms with Gasteiger partial charge in [-0.15, -0.1) is 0 Å². The Morgan fingerprint density at radius 1 is 1.18 bits per heavy atom. The lowest BCUT2D eigenvalue weighted by atomic mass is 9.95. The zero-order valence-corrected chi connectivity index (χ0v) is 19.3. The lowest BCUT2D eigenvalue weighted by molar-refractivity contribution is -0.135. The van der Waals surface area contributed by atoms with Crippen LogP contribution < -0.4 is 11.0 Å². The van der Waals surface area contributed by atoms with Crippen molar-refractivity contribution < 1.29 is 27.9 Å². The van der Waals surface area contributed by atoms with Crippen LogP contribution in [0.4, 0.5) is 13.6 Å². The molecule has 1 N–H and O–H groups in total. The molecule has 0 bridgehead atoms. The number of amides is 3. The van der Waals surface area contributed by atoms with E-state index in [9.17, 15) is 19.2 Å². The van der Waals surface area contributed by atoms with Crippen molar-refractivity contribution in [3.63, 3.8) is 0 Å². The van der Waals surface area contributed by atoms with E-state index < -0.39 is 47.2 Å². The van der Waals surface area contributed by atoms with E-state index in [0.717, 1.165) is 11.0 Å². The predicted molar refractivity (Wildman–Crippen MR) is 118 cm³/mol. The lowest BCUT2D eigenvalue weighted by Crippen LogP contribution is -2.47. The summed E-state index contributed by atoms with van der Waals surface area (Å²) in [5, 5.41) is 2.23. The fourth-order valence-corrected chi connectivity index (χ4v) is 4.41. The normalized spacial score (nSPS) is 22.7. The van der Waals surface area contributed by atoms with Gasteiger partial charge in [0, 0.05) is 20.0 Å². The third-order valence-corrected chi connectivity index (χ3v) is 5.90. The number of benzene rings is 1. The average molecular weight is 476 g/mol. The first-order chi connectivity index (χ1) is 15.8. The highest BCUT2D eigenvalue weighted by atomic mass is 19.3. The Balaban J connectivity index is 1.80. The summed E-state index contributed by atoms with van der Waals surface area (Å²) in [5.74, 6) is -4.38. The van der Waals surface area contributed by atoms with Gasteiger partial charge in [0.1, 0.15) is 17.7 Å². The molecule has 1 fully saturated rings. The van der Waals surface area contributed by atoms with E-state index in [0.29, 0.717) is 11.0 Å². The second-order valence-corrected chi connectivity index (χ2v) is 9.54. The molecule has 0 aliphatic carbocycles. The highest BCUT2D eigenvalue weighted by Gasteiger charge is 2.47. The monoisotopic (exact) mass is 476 g/mol. The van der Waals surface area contributed by atoms with Crippen molar-refractivity contribution in [1.82, 2.24) is 19.4 Å². The molecule has 11 heteroatoms. The first-order valence-electron chi connectivity index (χ1n) is 10.9. The molecule has 3 amide bonds. The summed E-state index contributed by atoms with van der Waals surface area (Å²) in [5.41, 5.74) is -0.582. The SMILES string of the molecule is Cn1c(=O)n(C2CCC(=O)NC2=O)c2ccc(C3N(C(=O)OC(C)(C)C)CC=CC3(F)F)cc21. The number of hydrogen-bond acceptors (Lipinski definition) is 5. The van der Waals surface area contributed by atoms with Crippen molar-refractivity contribution in [3.8, 4) is 0 Å². The molecular weight excluding hydrogens is 450 g/mol. The zero-order chi connectivity index (χ0) is 25.0. The molecule has 0 saturated carbocycles. The van der Waals surface area contributed by atoms with Crippen LogP contribution >= 0.6 is 0 Å². The van der Waals surface area contributed by atoms with Gasteiger partial charge in [-0.1, -0.05) is 12.1 Å². The number of nitrogens with one attached hydrogen (secondary N) is 1. The standard InChI is InChI=1S/C23H26F2N4O5/c1-22(2,3)34-21(33)28-11-5-10-23(24,25)18(28)13-6-7-14-16(12-13)27(4)20(32)29(14)15-8-9-17(30)26-19(15)31/h5-7,10,12,15,18H,8-9,11H2,1-4H3,(H,26,30,31). The number of ether oxygens (including phenoxy) is 1. The summed E-state index contributed by atoms with van der Waals surface area (Å²) in [4.78, 5) is 50.6. The van der Waals surface area contributed by atoms with Crippen molar-refractivity contribution in [2.24, 2.45) is 7.05 Å². The number of imidazole rings is 1. The second-order valence-electron chi connectivity index (χ2n) is 9.54. The minimum atomic E-state index is -3.38. The van der Waals surface area contributed by atoms with Gasteiger partial charge in [-0.3, -0.25) is 28.9 Å². The molecule has 34 heavy (non-hydrogen) atoms. The van der Waals surface area contributed by atoms with Crippen molar-refractivity contribution in [1.29, 1.82) is 0 Å². The third kappa shape index (κ3) is 4.10. The summed E-state index contributed by atoms with van der Waals surface area (Å²) in [6, 6.07) is 1.79. The number of halogens is 2.